The molecule has 0 unspecified atom stereocenters. The summed E-state index contributed by atoms with van der Waals surface area (Å²) in [6.07, 6.45) is 0. The smallest absolute Gasteiger partial charge is 0.488 e. The standard InChI is InChI=1S/C15H17BO3S/c1-12-4-2-7-15(10-12)20-9-8-19-14-6-3-5-13(11-14)16(17)18/h2-7,10-11,17-18H,8-9H2,1H3. The van der Waals surface area contributed by atoms with Gasteiger partial charge in [0.05, 0.1) is 6.61 Å². The van der Waals surface area contributed by atoms with Crippen LogP contribution in [0, 0.1) is 6.92 Å². The summed E-state index contributed by atoms with van der Waals surface area (Å²) in [7, 11) is -1.46. The van der Waals surface area contributed by atoms with Crippen molar-refractivity contribution in [2.45, 2.75) is 11.8 Å². The first-order valence-corrected chi connectivity index (χ1v) is 7.42. The molecular formula is C15H17BO3S. The van der Waals surface area contributed by atoms with Crippen molar-refractivity contribution in [2.75, 3.05) is 12.4 Å². The van der Waals surface area contributed by atoms with Crippen LogP contribution in [0.2, 0.25) is 0 Å². The Balaban J connectivity index is 1.80. The molecule has 0 spiro atoms. The number of rotatable bonds is 6. The lowest BCUT2D eigenvalue weighted by Gasteiger charge is -2.08. The van der Waals surface area contributed by atoms with Crippen molar-refractivity contribution in [1.29, 1.82) is 0 Å². The van der Waals surface area contributed by atoms with Crippen LogP contribution in [0.15, 0.2) is 53.4 Å². The summed E-state index contributed by atoms with van der Waals surface area (Å²) in [6.45, 7) is 2.65. The molecule has 2 aromatic rings. The summed E-state index contributed by atoms with van der Waals surface area (Å²) in [4.78, 5) is 1.23. The Kier molecular flexibility index (Phi) is 5.53. The Bertz CT molecular complexity index is 560. The van der Waals surface area contributed by atoms with Crippen LogP contribution in [-0.2, 0) is 0 Å². The predicted molar refractivity (Wildman–Crippen MR) is 83.7 cm³/mol. The summed E-state index contributed by atoms with van der Waals surface area (Å²) < 4.78 is 5.61. The van der Waals surface area contributed by atoms with Crippen molar-refractivity contribution in [3.8, 4) is 5.75 Å². The lowest BCUT2D eigenvalue weighted by atomic mass is 9.80. The van der Waals surface area contributed by atoms with Gasteiger partial charge in [-0.15, -0.1) is 11.8 Å². The summed E-state index contributed by atoms with van der Waals surface area (Å²) >= 11 is 1.74. The van der Waals surface area contributed by atoms with E-state index in [-0.39, 0.29) is 0 Å². The van der Waals surface area contributed by atoms with Crippen molar-refractivity contribution in [1.82, 2.24) is 0 Å². The van der Waals surface area contributed by atoms with Crippen LogP contribution in [0.5, 0.6) is 5.75 Å². The van der Waals surface area contributed by atoms with Crippen LogP contribution in [-0.4, -0.2) is 29.5 Å². The van der Waals surface area contributed by atoms with Gasteiger partial charge in [-0.3, -0.25) is 0 Å². The largest absolute Gasteiger partial charge is 0.493 e. The van der Waals surface area contributed by atoms with Gasteiger partial charge in [0.2, 0.25) is 0 Å². The van der Waals surface area contributed by atoms with Crippen LogP contribution in [0.3, 0.4) is 0 Å². The van der Waals surface area contributed by atoms with Crippen LogP contribution < -0.4 is 10.2 Å². The van der Waals surface area contributed by atoms with Gasteiger partial charge in [-0.2, -0.15) is 0 Å². The van der Waals surface area contributed by atoms with Gasteiger partial charge in [-0.25, -0.2) is 0 Å². The number of aryl methyl sites for hydroxylation is 1. The zero-order valence-corrected chi connectivity index (χ0v) is 12.1. The van der Waals surface area contributed by atoms with Gasteiger partial charge in [-0.05, 0) is 36.7 Å². The summed E-state index contributed by atoms with van der Waals surface area (Å²) in [5.74, 6) is 1.50. The Labute approximate surface area is 123 Å². The van der Waals surface area contributed by atoms with Gasteiger partial charge >= 0.3 is 7.12 Å². The molecule has 0 aliphatic heterocycles. The number of hydrogen-bond donors (Lipinski definition) is 2. The zero-order valence-electron chi connectivity index (χ0n) is 11.3. The third kappa shape index (κ3) is 4.60. The van der Waals surface area contributed by atoms with Gasteiger partial charge in [0.1, 0.15) is 5.75 Å². The second-order valence-electron chi connectivity index (χ2n) is 4.46. The predicted octanol–water partition coefficient (Wildman–Crippen LogP) is 1.85. The fraction of sp³-hybridized carbons (Fsp3) is 0.200. The molecule has 0 saturated carbocycles. The van der Waals surface area contributed by atoms with Crippen molar-refractivity contribution >= 4 is 24.3 Å². The van der Waals surface area contributed by atoms with E-state index in [2.05, 4.69) is 25.1 Å². The molecule has 0 atom stereocenters. The molecule has 2 N–H and O–H groups in total. The Morgan fingerprint density at radius 2 is 1.90 bits per heavy atom. The third-order valence-electron chi connectivity index (χ3n) is 2.77. The van der Waals surface area contributed by atoms with Gasteiger partial charge in [0.25, 0.3) is 0 Å². The van der Waals surface area contributed by atoms with Gasteiger partial charge in [0.15, 0.2) is 0 Å². The molecule has 20 heavy (non-hydrogen) atoms. The van der Waals surface area contributed by atoms with Crippen molar-refractivity contribution < 1.29 is 14.8 Å². The molecule has 0 aromatic heterocycles. The third-order valence-corrected chi connectivity index (χ3v) is 3.72. The second-order valence-corrected chi connectivity index (χ2v) is 5.63. The molecule has 2 rings (SSSR count). The SMILES string of the molecule is Cc1cccc(SCCOc2cccc(B(O)O)c2)c1. The Morgan fingerprint density at radius 3 is 2.65 bits per heavy atom. The van der Waals surface area contributed by atoms with Crippen molar-refractivity contribution in [3.63, 3.8) is 0 Å². The molecule has 2 aromatic carbocycles. The molecule has 0 heterocycles. The van der Waals surface area contributed by atoms with E-state index in [0.29, 0.717) is 17.8 Å². The average molecular weight is 288 g/mol. The second kappa shape index (κ2) is 7.38. The number of ether oxygens (including phenoxy) is 1. The Morgan fingerprint density at radius 1 is 1.10 bits per heavy atom. The van der Waals surface area contributed by atoms with Crippen LogP contribution in [0.1, 0.15) is 5.56 Å². The van der Waals surface area contributed by atoms with Crippen LogP contribution >= 0.6 is 11.8 Å². The van der Waals surface area contributed by atoms with Crippen LogP contribution in [0.25, 0.3) is 0 Å². The lowest BCUT2D eigenvalue weighted by molar-refractivity contribution is 0.344. The summed E-state index contributed by atoms with van der Waals surface area (Å²) in [5, 5.41) is 18.2. The van der Waals surface area contributed by atoms with Gasteiger partial charge < -0.3 is 14.8 Å². The zero-order chi connectivity index (χ0) is 14.4. The maximum Gasteiger partial charge on any atom is 0.488 e. The first kappa shape index (κ1) is 15.0. The molecule has 0 amide bonds. The van der Waals surface area contributed by atoms with E-state index in [1.807, 2.05) is 12.1 Å². The van der Waals surface area contributed by atoms with Gasteiger partial charge in [0, 0.05) is 10.6 Å². The molecule has 0 aliphatic carbocycles. The average Bonchev–Trinajstić information content (AvgIpc) is 2.44. The molecular weight excluding hydrogens is 271 g/mol. The minimum Gasteiger partial charge on any atom is -0.493 e. The summed E-state index contributed by atoms with van der Waals surface area (Å²) in [6, 6.07) is 15.2. The first-order valence-electron chi connectivity index (χ1n) is 6.43. The molecule has 0 fully saturated rings. The first-order chi connectivity index (χ1) is 9.65. The molecule has 5 heteroatoms. The monoisotopic (exact) mass is 288 g/mol. The van der Waals surface area contributed by atoms with Crippen LogP contribution in [0.4, 0.5) is 0 Å². The Hall–Kier alpha value is -1.43. The van der Waals surface area contributed by atoms with E-state index in [0.717, 1.165) is 5.75 Å². The maximum atomic E-state index is 9.09. The maximum absolute atomic E-state index is 9.09. The number of thioether (sulfide) groups is 1. The van der Waals surface area contributed by atoms with E-state index in [1.165, 1.54) is 10.5 Å². The molecule has 0 radical (unpaired) electrons. The molecule has 3 nitrogen and oxygen atoms in total. The highest BCUT2D eigenvalue weighted by Crippen LogP contribution is 2.19. The molecule has 0 bridgehead atoms. The van der Waals surface area contributed by atoms with Crippen molar-refractivity contribution in [3.05, 3.63) is 54.1 Å². The van der Waals surface area contributed by atoms with Crippen molar-refractivity contribution in [2.24, 2.45) is 0 Å². The van der Waals surface area contributed by atoms with E-state index >= 15 is 0 Å². The lowest BCUT2D eigenvalue weighted by Crippen LogP contribution is -2.29. The highest BCUT2D eigenvalue weighted by atomic mass is 32.2. The molecule has 104 valence electrons. The van der Waals surface area contributed by atoms with E-state index < -0.39 is 7.12 Å². The fourth-order valence-electron chi connectivity index (χ4n) is 1.79. The number of benzene rings is 2. The van der Waals surface area contributed by atoms with E-state index in [1.54, 1.807) is 30.0 Å². The summed E-state index contributed by atoms with van der Waals surface area (Å²) in [5.41, 5.74) is 1.69. The minimum absolute atomic E-state index is 0.439. The molecule has 0 aliphatic rings. The highest BCUT2D eigenvalue weighted by molar-refractivity contribution is 7.99. The quantitative estimate of drug-likeness (QED) is 0.484. The van der Waals surface area contributed by atoms with E-state index in [4.69, 9.17) is 14.8 Å². The minimum atomic E-state index is -1.46. The fourth-order valence-corrected chi connectivity index (χ4v) is 2.64. The topological polar surface area (TPSA) is 49.7 Å². The number of hydrogen-bond acceptors (Lipinski definition) is 4. The van der Waals surface area contributed by atoms with E-state index in [9.17, 15) is 0 Å². The molecule has 0 saturated heterocycles. The normalized spacial score (nSPS) is 10.3. The van der Waals surface area contributed by atoms with Gasteiger partial charge in [-0.1, -0.05) is 29.8 Å². The highest BCUT2D eigenvalue weighted by Gasteiger charge is 2.10.